The molecule has 10 heteroatoms. The molecule has 1 saturated heterocycles. The van der Waals surface area contributed by atoms with Crippen molar-refractivity contribution in [3.05, 3.63) is 70.2 Å². The van der Waals surface area contributed by atoms with Crippen molar-refractivity contribution in [3.8, 4) is 45.4 Å². The third kappa shape index (κ3) is 6.31. The first-order chi connectivity index (χ1) is 19.9. The Bertz CT molecular complexity index is 1530. The minimum atomic E-state index is 0.448. The minimum absolute atomic E-state index is 0.448. The highest BCUT2D eigenvalue weighted by Gasteiger charge is 2.21. The highest BCUT2D eigenvalue weighted by atomic mass is 35.5. The molecule has 1 aliphatic rings. The number of nitrogens with zero attached hydrogens (tertiary/aromatic N) is 5. The van der Waals surface area contributed by atoms with E-state index >= 15 is 0 Å². The second-order valence-corrected chi connectivity index (χ2v) is 11.0. The van der Waals surface area contributed by atoms with Gasteiger partial charge in [-0.2, -0.15) is 0 Å². The summed E-state index contributed by atoms with van der Waals surface area (Å²) >= 11 is 14.0. The predicted molar refractivity (Wildman–Crippen MR) is 163 cm³/mol. The number of benzene rings is 2. The van der Waals surface area contributed by atoms with Crippen molar-refractivity contribution in [2.45, 2.75) is 32.9 Å². The lowest BCUT2D eigenvalue weighted by Gasteiger charge is -2.30. The molecule has 0 bridgehead atoms. The maximum atomic E-state index is 7.03. The Morgan fingerprint density at radius 1 is 0.854 bits per heavy atom. The summed E-state index contributed by atoms with van der Waals surface area (Å²) < 4.78 is 11.1. The van der Waals surface area contributed by atoms with Gasteiger partial charge in [0.15, 0.2) is 0 Å². The van der Waals surface area contributed by atoms with E-state index in [1.54, 1.807) is 26.6 Å². The van der Waals surface area contributed by atoms with Gasteiger partial charge in [-0.25, -0.2) is 9.97 Å². The molecule has 0 amide bonds. The molecule has 5 rings (SSSR count). The van der Waals surface area contributed by atoms with Gasteiger partial charge in [-0.3, -0.25) is 14.9 Å². The summed E-state index contributed by atoms with van der Waals surface area (Å²) in [5.41, 5.74) is 5.79. The van der Waals surface area contributed by atoms with Gasteiger partial charge in [0.25, 0.3) is 0 Å². The highest BCUT2D eigenvalue weighted by Crippen LogP contribution is 2.42. The van der Waals surface area contributed by atoms with Crippen LogP contribution in [0.4, 0.5) is 0 Å². The zero-order valence-electron chi connectivity index (χ0n) is 23.7. The number of rotatable bonds is 9. The molecule has 1 atom stereocenters. The maximum Gasteiger partial charge on any atom is 0.237 e. The van der Waals surface area contributed by atoms with Crippen LogP contribution in [0.1, 0.15) is 31.2 Å². The largest absolute Gasteiger partial charge is 0.480 e. The number of aromatic nitrogens is 4. The summed E-state index contributed by atoms with van der Waals surface area (Å²) in [7, 11) is 5.05. The van der Waals surface area contributed by atoms with Crippen LogP contribution >= 0.6 is 23.2 Å². The van der Waals surface area contributed by atoms with Crippen LogP contribution in [-0.2, 0) is 13.1 Å². The number of nitrogens with one attached hydrogen (secondary N) is 1. The van der Waals surface area contributed by atoms with Crippen LogP contribution in [0.5, 0.6) is 11.8 Å². The lowest BCUT2D eigenvalue weighted by atomic mass is 9.98. The van der Waals surface area contributed by atoms with Crippen LogP contribution in [0.25, 0.3) is 33.6 Å². The third-order valence-corrected chi connectivity index (χ3v) is 8.12. The molecule has 2 aromatic carbocycles. The van der Waals surface area contributed by atoms with E-state index < -0.39 is 0 Å². The van der Waals surface area contributed by atoms with E-state index in [1.165, 1.54) is 12.8 Å². The van der Waals surface area contributed by atoms with Crippen molar-refractivity contribution in [2.24, 2.45) is 5.92 Å². The molecule has 1 fully saturated rings. The van der Waals surface area contributed by atoms with Crippen LogP contribution in [0.3, 0.4) is 0 Å². The van der Waals surface area contributed by atoms with Crippen LogP contribution in [0, 0.1) is 5.92 Å². The number of piperidine rings is 1. The third-order valence-electron chi connectivity index (χ3n) is 7.31. The molecule has 3 heterocycles. The first-order valence-electron chi connectivity index (χ1n) is 13.7. The normalized spacial score (nSPS) is 15.6. The number of ether oxygens (including phenoxy) is 2. The summed E-state index contributed by atoms with van der Waals surface area (Å²) in [5.74, 6) is 1.64. The lowest BCUT2D eigenvalue weighted by Crippen LogP contribution is -2.34. The second kappa shape index (κ2) is 13.1. The summed E-state index contributed by atoms with van der Waals surface area (Å²) in [6.45, 7) is 5.65. The Balaban J connectivity index is 1.48. The molecular weight excluding hydrogens is 559 g/mol. The van der Waals surface area contributed by atoms with Crippen molar-refractivity contribution < 1.29 is 9.47 Å². The van der Waals surface area contributed by atoms with Gasteiger partial charge >= 0.3 is 0 Å². The number of hydrogen-bond donors (Lipinski definition) is 1. The first kappa shape index (κ1) is 29.2. The fourth-order valence-electron chi connectivity index (χ4n) is 5.30. The second-order valence-electron chi connectivity index (χ2n) is 10.3. The Morgan fingerprint density at radius 2 is 1.39 bits per heavy atom. The van der Waals surface area contributed by atoms with Gasteiger partial charge < -0.3 is 14.8 Å². The molecule has 0 saturated carbocycles. The summed E-state index contributed by atoms with van der Waals surface area (Å²) in [6, 6.07) is 11.6. The molecule has 41 heavy (non-hydrogen) atoms. The maximum absolute atomic E-state index is 7.03. The highest BCUT2D eigenvalue weighted by molar-refractivity contribution is 6.39. The Morgan fingerprint density at radius 3 is 1.93 bits per heavy atom. The van der Waals surface area contributed by atoms with Crippen molar-refractivity contribution in [3.63, 3.8) is 0 Å². The van der Waals surface area contributed by atoms with Crippen molar-refractivity contribution in [2.75, 3.05) is 34.4 Å². The topological polar surface area (TPSA) is 85.3 Å². The van der Waals surface area contributed by atoms with Crippen molar-refractivity contribution >= 4 is 23.2 Å². The summed E-state index contributed by atoms with van der Waals surface area (Å²) in [5, 5.41) is 4.11. The molecule has 0 aliphatic carbocycles. The van der Waals surface area contributed by atoms with Crippen LogP contribution < -0.4 is 14.8 Å². The number of likely N-dealkylation sites (tertiary alicyclic amines) is 1. The van der Waals surface area contributed by atoms with Gasteiger partial charge in [0, 0.05) is 41.9 Å². The Hall–Kier alpha value is -3.30. The van der Waals surface area contributed by atoms with E-state index in [4.69, 9.17) is 42.6 Å². The average Bonchev–Trinajstić information content (AvgIpc) is 2.98. The van der Waals surface area contributed by atoms with E-state index in [0.29, 0.717) is 52.2 Å². The van der Waals surface area contributed by atoms with Crippen molar-refractivity contribution in [1.82, 2.24) is 30.2 Å². The van der Waals surface area contributed by atoms with Crippen molar-refractivity contribution in [1.29, 1.82) is 0 Å². The van der Waals surface area contributed by atoms with E-state index in [-0.39, 0.29) is 0 Å². The molecule has 2 aromatic heterocycles. The Labute approximate surface area is 251 Å². The number of methoxy groups -OCH3 is 2. The molecule has 1 aliphatic heterocycles. The minimum Gasteiger partial charge on any atom is -0.480 e. The molecule has 8 nitrogen and oxygen atoms in total. The first-order valence-corrected chi connectivity index (χ1v) is 14.4. The van der Waals surface area contributed by atoms with E-state index in [0.717, 1.165) is 46.7 Å². The van der Waals surface area contributed by atoms with Gasteiger partial charge in [0.1, 0.15) is 11.4 Å². The fraction of sp³-hybridized carbons (Fsp3) is 0.355. The quantitative estimate of drug-likeness (QED) is 0.234. The van der Waals surface area contributed by atoms with Gasteiger partial charge in [-0.1, -0.05) is 66.5 Å². The molecule has 214 valence electrons. The molecule has 0 radical (unpaired) electrons. The summed E-state index contributed by atoms with van der Waals surface area (Å²) in [6.07, 6.45) is 5.93. The van der Waals surface area contributed by atoms with E-state index in [2.05, 4.69) is 27.1 Å². The van der Waals surface area contributed by atoms with Gasteiger partial charge in [0.2, 0.25) is 11.8 Å². The van der Waals surface area contributed by atoms with E-state index in [9.17, 15) is 0 Å². The zero-order chi connectivity index (χ0) is 28.9. The monoisotopic (exact) mass is 592 g/mol. The molecule has 1 unspecified atom stereocenters. The molecular formula is C31H34Cl2N6O2. The molecule has 4 aromatic rings. The Kier molecular flexibility index (Phi) is 9.35. The summed E-state index contributed by atoms with van der Waals surface area (Å²) in [4.78, 5) is 21.2. The number of halogens is 2. The fourth-order valence-corrected chi connectivity index (χ4v) is 5.94. The molecule has 0 spiro atoms. The SMILES string of the molecule is CNCc1ncc(-c2cccc(-c3cccc(-c4cnc(CN5CCCC(C)C5)c(OC)n4)c3Cl)c2Cl)nc1OC. The van der Waals surface area contributed by atoms with Crippen LogP contribution in [-0.4, -0.2) is 59.2 Å². The number of hydrogen-bond acceptors (Lipinski definition) is 8. The zero-order valence-corrected chi connectivity index (χ0v) is 25.3. The predicted octanol–water partition coefficient (Wildman–Crippen LogP) is 6.54. The van der Waals surface area contributed by atoms with Gasteiger partial charge in [-0.15, -0.1) is 0 Å². The average molecular weight is 594 g/mol. The van der Waals surface area contributed by atoms with Gasteiger partial charge in [0.05, 0.1) is 48.0 Å². The van der Waals surface area contributed by atoms with Crippen LogP contribution in [0.15, 0.2) is 48.8 Å². The van der Waals surface area contributed by atoms with E-state index in [1.807, 2.05) is 43.4 Å². The smallest absolute Gasteiger partial charge is 0.237 e. The standard InChI is InChI=1S/C31H34Cl2N6O2/c1-19-8-7-13-39(17-19)18-27-31(41-4)38-25(16-36-27)23-12-6-10-21(29(23)33)20-9-5-11-22(28(20)32)24-15-35-26(14-34-2)30(37-24)40-3/h5-6,9-12,15-16,19,34H,7-8,13-14,17-18H2,1-4H3. The van der Waals surface area contributed by atoms with Crippen LogP contribution in [0.2, 0.25) is 10.0 Å². The lowest BCUT2D eigenvalue weighted by molar-refractivity contribution is 0.172. The molecule has 1 N–H and O–H groups in total. The van der Waals surface area contributed by atoms with Gasteiger partial charge in [-0.05, 0) is 32.4 Å².